The zero-order valence-corrected chi connectivity index (χ0v) is 16.0. The lowest BCUT2D eigenvalue weighted by Gasteiger charge is -2.12. The molecular formula is C19H22N2O5S. The van der Waals surface area contributed by atoms with Crippen molar-refractivity contribution >= 4 is 21.6 Å². The number of hydrogen-bond donors (Lipinski definition) is 2. The first kappa shape index (κ1) is 19.3. The van der Waals surface area contributed by atoms with E-state index in [1.54, 1.807) is 19.2 Å². The van der Waals surface area contributed by atoms with Crippen LogP contribution >= 0.6 is 0 Å². The fourth-order valence-electron chi connectivity index (χ4n) is 2.62. The highest BCUT2D eigenvalue weighted by Gasteiger charge is 2.30. The van der Waals surface area contributed by atoms with Gasteiger partial charge < -0.3 is 14.8 Å². The number of methoxy groups -OCH3 is 2. The molecule has 2 N–H and O–H groups in total. The molecule has 1 aliphatic carbocycles. The van der Waals surface area contributed by atoms with Gasteiger partial charge in [0.2, 0.25) is 10.0 Å². The smallest absolute Gasteiger partial charge is 0.255 e. The van der Waals surface area contributed by atoms with Crippen LogP contribution in [0.5, 0.6) is 5.75 Å². The van der Waals surface area contributed by atoms with Crippen LogP contribution in [-0.4, -0.2) is 34.6 Å². The molecule has 2 aromatic carbocycles. The number of carbonyl (C=O) groups excluding carboxylic acids is 1. The maximum Gasteiger partial charge on any atom is 0.255 e. The Hall–Kier alpha value is -2.42. The molecule has 0 aromatic heterocycles. The number of benzene rings is 2. The van der Waals surface area contributed by atoms with E-state index in [9.17, 15) is 13.2 Å². The predicted molar refractivity (Wildman–Crippen MR) is 101 cm³/mol. The molecule has 2 aromatic rings. The third-order valence-corrected chi connectivity index (χ3v) is 5.65. The Labute approximate surface area is 158 Å². The van der Waals surface area contributed by atoms with Crippen LogP contribution in [0.25, 0.3) is 0 Å². The van der Waals surface area contributed by atoms with Crippen LogP contribution in [0, 0.1) is 0 Å². The van der Waals surface area contributed by atoms with Crippen LogP contribution in [0.4, 0.5) is 5.69 Å². The highest BCUT2D eigenvalue weighted by Crippen LogP contribution is 2.28. The van der Waals surface area contributed by atoms with Crippen molar-refractivity contribution < 1.29 is 22.7 Å². The molecule has 1 aliphatic rings. The number of nitrogens with one attached hydrogen (secondary N) is 2. The lowest BCUT2D eigenvalue weighted by atomic mass is 10.1. The zero-order valence-electron chi connectivity index (χ0n) is 15.2. The van der Waals surface area contributed by atoms with E-state index in [0.29, 0.717) is 12.3 Å². The maximum atomic E-state index is 12.6. The van der Waals surface area contributed by atoms with Gasteiger partial charge >= 0.3 is 0 Å². The third-order valence-electron chi connectivity index (χ3n) is 4.11. The number of rotatable bonds is 8. The van der Waals surface area contributed by atoms with E-state index in [-0.39, 0.29) is 22.3 Å². The monoisotopic (exact) mass is 390 g/mol. The summed E-state index contributed by atoms with van der Waals surface area (Å²) in [6, 6.07) is 11.6. The quantitative estimate of drug-likeness (QED) is 0.722. The van der Waals surface area contributed by atoms with E-state index in [1.165, 1.54) is 25.3 Å². The van der Waals surface area contributed by atoms with Crippen molar-refractivity contribution in [1.29, 1.82) is 0 Å². The zero-order chi connectivity index (χ0) is 19.4. The second kappa shape index (κ2) is 8.08. The van der Waals surface area contributed by atoms with Crippen molar-refractivity contribution in [3.05, 3.63) is 53.6 Å². The number of amides is 1. The molecule has 0 aliphatic heterocycles. The highest BCUT2D eigenvalue weighted by atomic mass is 32.2. The van der Waals surface area contributed by atoms with Crippen molar-refractivity contribution in [2.45, 2.75) is 30.4 Å². The summed E-state index contributed by atoms with van der Waals surface area (Å²) >= 11 is 0. The van der Waals surface area contributed by atoms with Gasteiger partial charge in [-0.1, -0.05) is 12.1 Å². The van der Waals surface area contributed by atoms with Gasteiger partial charge in [-0.05, 0) is 48.7 Å². The predicted octanol–water partition coefficient (Wildman–Crippen LogP) is 2.53. The summed E-state index contributed by atoms with van der Waals surface area (Å²) in [4.78, 5) is 12.6. The Kier molecular flexibility index (Phi) is 5.79. The van der Waals surface area contributed by atoms with Crippen LogP contribution in [-0.2, 0) is 21.4 Å². The van der Waals surface area contributed by atoms with Crippen molar-refractivity contribution in [3.63, 3.8) is 0 Å². The number of sulfonamides is 1. The van der Waals surface area contributed by atoms with Gasteiger partial charge in [-0.3, -0.25) is 4.79 Å². The second-order valence-corrected chi connectivity index (χ2v) is 8.03. The molecule has 1 fully saturated rings. The minimum Gasteiger partial charge on any atom is -0.495 e. The standard InChI is InChI=1S/C19H22N2O5S/c1-25-12-13-4-3-5-16(10-13)20-19(22)14-6-9-17(26-2)18(11-14)27(23,24)21-15-7-8-15/h3-6,9-11,15,21H,7-8,12H2,1-2H3,(H,20,22). The molecule has 0 saturated heterocycles. The second-order valence-electron chi connectivity index (χ2n) is 6.35. The van der Waals surface area contributed by atoms with E-state index in [0.717, 1.165) is 18.4 Å². The van der Waals surface area contributed by atoms with E-state index in [4.69, 9.17) is 9.47 Å². The van der Waals surface area contributed by atoms with Gasteiger partial charge in [-0.2, -0.15) is 0 Å². The Balaban J connectivity index is 1.84. The fourth-order valence-corrected chi connectivity index (χ4v) is 4.12. The van der Waals surface area contributed by atoms with E-state index in [1.807, 2.05) is 12.1 Å². The van der Waals surface area contributed by atoms with Gasteiger partial charge in [0.1, 0.15) is 10.6 Å². The molecule has 3 rings (SSSR count). The van der Waals surface area contributed by atoms with Crippen LogP contribution in [0.3, 0.4) is 0 Å². The first-order chi connectivity index (χ1) is 12.9. The summed E-state index contributed by atoms with van der Waals surface area (Å²) in [6.45, 7) is 0.432. The van der Waals surface area contributed by atoms with Gasteiger partial charge in [-0.25, -0.2) is 13.1 Å². The van der Waals surface area contributed by atoms with Crippen LogP contribution < -0.4 is 14.8 Å². The third kappa shape index (κ3) is 4.85. The van der Waals surface area contributed by atoms with Gasteiger partial charge in [-0.15, -0.1) is 0 Å². The summed E-state index contributed by atoms with van der Waals surface area (Å²) in [7, 11) is -0.761. The summed E-state index contributed by atoms with van der Waals surface area (Å²) in [5, 5.41) is 2.78. The Morgan fingerprint density at radius 2 is 1.93 bits per heavy atom. The van der Waals surface area contributed by atoms with Crippen molar-refractivity contribution in [2.75, 3.05) is 19.5 Å². The topological polar surface area (TPSA) is 93.7 Å². The largest absolute Gasteiger partial charge is 0.495 e. The number of hydrogen-bond acceptors (Lipinski definition) is 5. The van der Waals surface area contributed by atoms with Crippen LogP contribution in [0.15, 0.2) is 47.4 Å². The fraction of sp³-hybridized carbons (Fsp3) is 0.316. The molecule has 1 amide bonds. The molecule has 0 unspecified atom stereocenters. The lowest BCUT2D eigenvalue weighted by Crippen LogP contribution is -2.26. The van der Waals surface area contributed by atoms with Gasteiger partial charge in [0, 0.05) is 24.4 Å². The molecule has 0 spiro atoms. The average molecular weight is 390 g/mol. The van der Waals surface area contributed by atoms with Crippen LogP contribution in [0.2, 0.25) is 0 Å². The van der Waals surface area contributed by atoms with Crippen molar-refractivity contribution in [3.8, 4) is 5.75 Å². The normalized spacial score (nSPS) is 14.0. The molecule has 0 atom stereocenters. The van der Waals surface area contributed by atoms with Gasteiger partial charge in [0.05, 0.1) is 13.7 Å². The van der Waals surface area contributed by atoms with Gasteiger partial charge in [0.25, 0.3) is 5.91 Å². The molecule has 0 radical (unpaired) electrons. The maximum absolute atomic E-state index is 12.6. The Morgan fingerprint density at radius 1 is 1.15 bits per heavy atom. The molecule has 7 nitrogen and oxygen atoms in total. The first-order valence-electron chi connectivity index (χ1n) is 8.52. The minimum atomic E-state index is -3.75. The number of carbonyl (C=O) groups is 1. The minimum absolute atomic E-state index is 0.0410. The summed E-state index contributed by atoms with van der Waals surface area (Å²) in [5.74, 6) is -0.211. The molecule has 1 saturated carbocycles. The van der Waals surface area contributed by atoms with Crippen molar-refractivity contribution in [2.24, 2.45) is 0 Å². The van der Waals surface area contributed by atoms with E-state index in [2.05, 4.69) is 10.0 Å². The van der Waals surface area contributed by atoms with Crippen molar-refractivity contribution in [1.82, 2.24) is 4.72 Å². The first-order valence-corrected chi connectivity index (χ1v) is 10.0. The van der Waals surface area contributed by atoms with Crippen LogP contribution in [0.1, 0.15) is 28.8 Å². The lowest BCUT2D eigenvalue weighted by molar-refractivity contribution is 0.102. The summed E-state index contributed by atoms with van der Waals surface area (Å²) < 4.78 is 38.0. The summed E-state index contributed by atoms with van der Waals surface area (Å²) in [5.41, 5.74) is 1.75. The Bertz CT molecular complexity index is 939. The van der Waals surface area contributed by atoms with E-state index < -0.39 is 15.9 Å². The molecule has 27 heavy (non-hydrogen) atoms. The average Bonchev–Trinajstić information content (AvgIpc) is 3.45. The molecule has 8 heteroatoms. The van der Waals surface area contributed by atoms with E-state index >= 15 is 0 Å². The molecular weight excluding hydrogens is 368 g/mol. The SMILES string of the molecule is COCc1cccc(NC(=O)c2ccc(OC)c(S(=O)(=O)NC3CC3)c2)c1. The number of ether oxygens (including phenoxy) is 2. The number of anilines is 1. The Morgan fingerprint density at radius 3 is 2.59 bits per heavy atom. The van der Waals surface area contributed by atoms with Gasteiger partial charge in [0.15, 0.2) is 0 Å². The highest BCUT2D eigenvalue weighted by molar-refractivity contribution is 7.89. The molecule has 0 heterocycles. The molecule has 144 valence electrons. The summed E-state index contributed by atoms with van der Waals surface area (Å²) in [6.07, 6.45) is 1.64. The molecule has 0 bridgehead atoms.